The molecule has 1 aliphatic rings. The van der Waals surface area contributed by atoms with Gasteiger partial charge in [0.05, 0.1) is 5.60 Å². The van der Waals surface area contributed by atoms with Crippen LogP contribution in [0.4, 0.5) is 0 Å². The van der Waals surface area contributed by atoms with Gasteiger partial charge in [-0.05, 0) is 52.4 Å². The smallest absolute Gasteiger partial charge is 0.0654 e. The molecule has 1 aliphatic carbocycles. The lowest BCUT2D eigenvalue weighted by atomic mass is 9.84. The highest BCUT2D eigenvalue weighted by Crippen LogP contribution is 2.27. The van der Waals surface area contributed by atoms with E-state index in [4.69, 9.17) is 0 Å². The molecule has 16 heavy (non-hydrogen) atoms. The molecule has 0 heterocycles. The van der Waals surface area contributed by atoms with Crippen molar-refractivity contribution in [1.82, 2.24) is 0 Å². The van der Waals surface area contributed by atoms with Crippen LogP contribution < -0.4 is 0 Å². The predicted octanol–water partition coefficient (Wildman–Crippen LogP) is 4.09. The van der Waals surface area contributed by atoms with Crippen molar-refractivity contribution in [3.63, 3.8) is 0 Å². The molecule has 92 valence electrons. The lowest BCUT2D eigenvalue weighted by Gasteiger charge is -2.27. The molecule has 0 radical (unpaired) electrons. The maximum Gasteiger partial charge on any atom is 0.0654 e. The van der Waals surface area contributed by atoms with Crippen molar-refractivity contribution in [3.05, 3.63) is 23.8 Å². The molecule has 0 fully saturated rings. The summed E-state index contributed by atoms with van der Waals surface area (Å²) in [5.41, 5.74) is 0.868. The van der Waals surface area contributed by atoms with Crippen molar-refractivity contribution in [2.45, 2.75) is 59.0 Å². The monoisotopic (exact) mass is 222 g/mol. The molecule has 0 aromatic carbocycles. The fourth-order valence-corrected chi connectivity index (χ4v) is 2.18. The highest BCUT2D eigenvalue weighted by molar-refractivity contribution is 5.05. The molecule has 1 rings (SSSR count). The van der Waals surface area contributed by atoms with Crippen molar-refractivity contribution >= 4 is 0 Å². The van der Waals surface area contributed by atoms with Crippen LogP contribution >= 0.6 is 0 Å². The van der Waals surface area contributed by atoms with E-state index in [9.17, 15) is 5.11 Å². The Balaban J connectivity index is 2.76. The second-order valence-corrected chi connectivity index (χ2v) is 5.79. The lowest BCUT2D eigenvalue weighted by molar-refractivity contribution is 0.0336. The summed E-state index contributed by atoms with van der Waals surface area (Å²) in [6.45, 7) is 8.29. The quantitative estimate of drug-likeness (QED) is 0.663. The number of hydrogen-bond acceptors (Lipinski definition) is 1. The molecule has 1 heteroatoms. The first kappa shape index (κ1) is 13.5. The standard InChI is InChI=1S/C15H26O/c1-12-6-5-7-13(2)9-11-14(10-8-12)15(3,4)16/h6,9,11,13-14,16H,5,7-8,10H2,1-4H3/b11-9+,12-6+. The van der Waals surface area contributed by atoms with Crippen molar-refractivity contribution in [2.75, 3.05) is 0 Å². The Morgan fingerprint density at radius 1 is 1.25 bits per heavy atom. The molecule has 0 aliphatic heterocycles. The second-order valence-electron chi connectivity index (χ2n) is 5.79. The van der Waals surface area contributed by atoms with Gasteiger partial charge in [0.1, 0.15) is 0 Å². The van der Waals surface area contributed by atoms with Crippen molar-refractivity contribution in [3.8, 4) is 0 Å². The average molecular weight is 222 g/mol. The summed E-state index contributed by atoms with van der Waals surface area (Å²) in [5, 5.41) is 10.1. The summed E-state index contributed by atoms with van der Waals surface area (Å²) in [4.78, 5) is 0. The fourth-order valence-electron chi connectivity index (χ4n) is 2.18. The molecule has 0 aromatic rings. The zero-order valence-corrected chi connectivity index (χ0v) is 11.2. The first-order valence-electron chi connectivity index (χ1n) is 6.46. The highest BCUT2D eigenvalue weighted by Gasteiger charge is 2.24. The van der Waals surface area contributed by atoms with Crippen molar-refractivity contribution in [2.24, 2.45) is 11.8 Å². The predicted molar refractivity (Wildman–Crippen MR) is 70.3 cm³/mol. The molecular formula is C15H26O. The summed E-state index contributed by atoms with van der Waals surface area (Å²) in [7, 11) is 0. The van der Waals surface area contributed by atoms with E-state index < -0.39 is 5.60 Å². The number of rotatable bonds is 1. The van der Waals surface area contributed by atoms with Crippen molar-refractivity contribution in [1.29, 1.82) is 0 Å². The van der Waals surface area contributed by atoms with Crippen LogP contribution in [0.1, 0.15) is 53.4 Å². The minimum atomic E-state index is -0.601. The zero-order chi connectivity index (χ0) is 12.2. The van der Waals surface area contributed by atoms with Gasteiger partial charge in [0, 0.05) is 5.92 Å². The summed E-state index contributed by atoms with van der Waals surface area (Å²) >= 11 is 0. The van der Waals surface area contributed by atoms with Gasteiger partial charge in [-0.25, -0.2) is 0 Å². The summed E-state index contributed by atoms with van der Waals surface area (Å²) < 4.78 is 0. The Labute approximate surface area is 100 Å². The molecule has 1 nitrogen and oxygen atoms in total. The third kappa shape index (κ3) is 4.52. The minimum absolute atomic E-state index is 0.274. The molecule has 0 bridgehead atoms. The van der Waals surface area contributed by atoms with Gasteiger partial charge in [0.2, 0.25) is 0 Å². The maximum atomic E-state index is 10.1. The van der Waals surface area contributed by atoms with Gasteiger partial charge in [0.25, 0.3) is 0 Å². The van der Waals surface area contributed by atoms with Gasteiger partial charge in [0.15, 0.2) is 0 Å². The number of hydrogen-bond donors (Lipinski definition) is 1. The van der Waals surface area contributed by atoms with Crippen molar-refractivity contribution < 1.29 is 5.11 Å². The van der Waals surface area contributed by atoms with Crippen LogP contribution in [-0.4, -0.2) is 10.7 Å². The van der Waals surface area contributed by atoms with E-state index in [-0.39, 0.29) is 5.92 Å². The summed E-state index contributed by atoms with van der Waals surface area (Å²) in [5.74, 6) is 0.892. The van der Waals surface area contributed by atoms with E-state index in [1.165, 1.54) is 18.4 Å². The Morgan fingerprint density at radius 2 is 1.94 bits per heavy atom. The van der Waals surface area contributed by atoms with Gasteiger partial charge < -0.3 is 5.11 Å². The second kappa shape index (κ2) is 5.67. The Bertz CT molecular complexity index is 268. The third-order valence-corrected chi connectivity index (χ3v) is 3.54. The van der Waals surface area contributed by atoms with Crippen LogP contribution in [0, 0.1) is 11.8 Å². The van der Waals surface area contributed by atoms with Crippen LogP contribution in [0.5, 0.6) is 0 Å². The largest absolute Gasteiger partial charge is 0.390 e. The molecule has 0 saturated heterocycles. The Morgan fingerprint density at radius 3 is 2.56 bits per heavy atom. The van der Waals surface area contributed by atoms with Crippen LogP contribution in [-0.2, 0) is 0 Å². The molecule has 1 N–H and O–H groups in total. The Kier molecular flexibility index (Phi) is 4.79. The summed E-state index contributed by atoms with van der Waals surface area (Å²) in [6, 6.07) is 0. The molecular weight excluding hydrogens is 196 g/mol. The van der Waals surface area contributed by atoms with Gasteiger partial charge in [-0.2, -0.15) is 0 Å². The van der Waals surface area contributed by atoms with Crippen LogP contribution in [0.15, 0.2) is 23.8 Å². The van der Waals surface area contributed by atoms with E-state index in [1.807, 2.05) is 13.8 Å². The van der Waals surface area contributed by atoms with Gasteiger partial charge in [-0.3, -0.25) is 0 Å². The maximum absolute atomic E-state index is 10.1. The molecule has 0 aromatic heterocycles. The third-order valence-electron chi connectivity index (χ3n) is 3.54. The van der Waals surface area contributed by atoms with E-state index >= 15 is 0 Å². The topological polar surface area (TPSA) is 20.2 Å². The Hall–Kier alpha value is -0.560. The van der Waals surface area contributed by atoms with Crippen LogP contribution in [0.25, 0.3) is 0 Å². The first-order valence-corrected chi connectivity index (χ1v) is 6.46. The lowest BCUT2D eigenvalue weighted by Crippen LogP contribution is -2.29. The normalized spacial score (nSPS) is 33.9. The van der Waals surface area contributed by atoms with E-state index in [0.717, 1.165) is 12.8 Å². The SMILES string of the molecule is C/C1=C\CCC(C)/C=C/C(C(C)(C)O)CC1. The molecule has 0 spiro atoms. The first-order chi connectivity index (χ1) is 7.39. The van der Waals surface area contributed by atoms with Gasteiger partial charge in [-0.15, -0.1) is 0 Å². The van der Waals surface area contributed by atoms with E-state index in [0.29, 0.717) is 5.92 Å². The van der Waals surface area contributed by atoms with Gasteiger partial charge >= 0.3 is 0 Å². The van der Waals surface area contributed by atoms with E-state index in [1.54, 1.807) is 0 Å². The molecule has 0 saturated carbocycles. The molecule has 2 unspecified atom stereocenters. The minimum Gasteiger partial charge on any atom is -0.390 e. The zero-order valence-electron chi connectivity index (χ0n) is 11.2. The fraction of sp³-hybridized carbons (Fsp3) is 0.733. The molecule has 2 atom stereocenters. The van der Waals surface area contributed by atoms with Gasteiger partial charge in [-0.1, -0.05) is 30.7 Å². The van der Waals surface area contributed by atoms with Crippen LogP contribution in [0.3, 0.4) is 0 Å². The highest BCUT2D eigenvalue weighted by atomic mass is 16.3. The summed E-state index contributed by atoms with van der Waals surface area (Å²) in [6.07, 6.45) is 11.4. The average Bonchev–Trinajstić information content (AvgIpc) is 2.15. The number of allylic oxidation sites excluding steroid dienone is 3. The van der Waals surface area contributed by atoms with E-state index in [2.05, 4.69) is 32.1 Å². The molecule has 0 amide bonds. The number of aliphatic hydroxyl groups is 1. The van der Waals surface area contributed by atoms with Crippen LogP contribution in [0.2, 0.25) is 0 Å².